The average molecular weight is 458 g/mol. The fraction of sp³-hybridized carbons (Fsp3) is 0.261. The van der Waals surface area contributed by atoms with Crippen LogP contribution in [0.4, 0.5) is 5.69 Å². The molecule has 0 fully saturated rings. The number of carbonyl (C=O) groups is 2. The second-order valence-electron chi connectivity index (χ2n) is 6.93. The van der Waals surface area contributed by atoms with E-state index in [4.69, 9.17) is 28.6 Å². The maximum absolute atomic E-state index is 12.8. The molecule has 0 saturated carbocycles. The first-order valence-electron chi connectivity index (χ1n) is 9.98. The van der Waals surface area contributed by atoms with E-state index < -0.39 is 12.0 Å². The second-order valence-corrected chi connectivity index (χ2v) is 7.76. The summed E-state index contributed by atoms with van der Waals surface area (Å²) >= 11 is 11.4. The summed E-state index contributed by atoms with van der Waals surface area (Å²) in [6, 6.07) is 13.5. The summed E-state index contributed by atoms with van der Waals surface area (Å²) < 4.78 is 5.31. The first kappa shape index (κ1) is 22.8. The number of halogens is 1. The number of amides is 1. The van der Waals surface area contributed by atoms with Gasteiger partial charge in [0.05, 0.1) is 18.2 Å². The first-order valence-corrected chi connectivity index (χ1v) is 10.8. The molecular weight excluding hydrogens is 434 g/mol. The molecule has 2 aromatic rings. The standard InChI is InChI=1S/C23H24ClN3O3S/c1-4-27-14(3)19(22(29)30-5-2)20(26-23(27)31)16-7-6-8-18(13-16)25-21(28)15-9-11-17(24)12-10-15/h6-13,20H,4-5H2,1-3H3,(H,25,28)(H,26,31). The highest BCUT2D eigenvalue weighted by Crippen LogP contribution is 2.32. The number of esters is 1. The molecule has 2 N–H and O–H groups in total. The lowest BCUT2D eigenvalue weighted by molar-refractivity contribution is -0.139. The van der Waals surface area contributed by atoms with Crippen molar-refractivity contribution in [1.82, 2.24) is 10.2 Å². The molecular formula is C23H24ClN3O3S. The molecule has 1 aliphatic heterocycles. The summed E-state index contributed by atoms with van der Waals surface area (Å²) in [5, 5.41) is 7.23. The monoisotopic (exact) mass is 457 g/mol. The topological polar surface area (TPSA) is 70.7 Å². The van der Waals surface area contributed by atoms with Crippen LogP contribution in [-0.2, 0) is 9.53 Å². The van der Waals surface area contributed by atoms with E-state index in [9.17, 15) is 9.59 Å². The molecule has 0 saturated heterocycles. The largest absolute Gasteiger partial charge is 0.463 e. The zero-order chi connectivity index (χ0) is 22.5. The van der Waals surface area contributed by atoms with E-state index in [0.717, 1.165) is 11.3 Å². The normalized spacial score (nSPS) is 16.1. The number of benzene rings is 2. The predicted octanol–water partition coefficient (Wildman–Crippen LogP) is 4.68. The number of anilines is 1. The van der Waals surface area contributed by atoms with Crippen LogP contribution in [0.15, 0.2) is 59.8 Å². The maximum Gasteiger partial charge on any atom is 0.338 e. The molecule has 0 bridgehead atoms. The van der Waals surface area contributed by atoms with Gasteiger partial charge in [0.15, 0.2) is 5.11 Å². The van der Waals surface area contributed by atoms with Crippen LogP contribution in [0, 0.1) is 0 Å². The molecule has 1 atom stereocenters. The van der Waals surface area contributed by atoms with E-state index in [1.807, 2.05) is 36.9 Å². The number of allylic oxidation sites excluding steroid dienone is 1. The number of nitrogens with one attached hydrogen (secondary N) is 2. The van der Waals surface area contributed by atoms with Crippen LogP contribution in [0.3, 0.4) is 0 Å². The van der Waals surface area contributed by atoms with E-state index in [1.165, 1.54) is 0 Å². The van der Waals surface area contributed by atoms with Crippen molar-refractivity contribution in [2.45, 2.75) is 26.8 Å². The molecule has 1 amide bonds. The van der Waals surface area contributed by atoms with Gasteiger partial charge in [0.2, 0.25) is 0 Å². The van der Waals surface area contributed by atoms with Gasteiger partial charge in [-0.1, -0.05) is 23.7 Å². The third kappa shape index (κ3) is 5.06. The van der Waals surface area contributed by atoms with Crippen molar-refractivity contribution in [1.29, 1.82) is 0 Å². The third-order valence-electron chi connectivity index (χ3n) is 4.99. The molecule has 0 spiro atoms. The molecule has 162 valence electrons. The maximum atomic E-state index is 12.8. The molecule has 1 unspecified atom stereocenters. The zero-order valence-electron chi connectivity index (χ0n) is 17.6. The van der Waals surface area contributed by atoms with Crippen molar-refractivity contribution in [2.24, 2.45) is 0 Å². The number of nitrogens with zero attached hydrogens (tertiary/aromatic N) is 1. The van der Waals surface area contributed by atoms with Crippen molar-refractivity contribution in [2.75, 3.05) is 18.5 Å². The Morgan fingerprint density at radius 2 is 1.90 bits per heavy atom. The van der Waals surface area contributed by atoms with E-state index in [2.05, 4.69) is 10.6 Å². The second kappa shape index (κ2) is 9.94. The van der Waals surface area contributed by atoms with Gasteiger partial charge in [0, 0.05) is 28.5 Å². The van der Waals surface area contributed by atoms with Crippen LogP contribution in [0.5, 0.6) is 0 Å². The molecule has 1 aliphatic rings. The molecule has 6 nitrogen and oxygen atoms in total. The third-order valence-corrected chi connectivity index (χ3v) is 5.58. The fourth-order valence-electron chi connectivity index (χ4n) is 3.49. The van der Waals surface area contributed by atoms with Gasteiger partial charge in [0.25, 0.3) is 5.91 Å². The Bertz CT molecular complexity index is 1040. The molecule has 31 heavy (non-hydrogen) atoms. The van der Waals surface area contributed by atoms with Gasteiger partial charge in [-0.25, -0.2) is 4.79 Å². The summed E-state index contributed by atoms with van der Waals surface area (Å²) in [6.07, 6.45) is 0. The number of carbonyl (C=O) groups excluding carboxylic acids is 2. The van der Waals surface area contributed by atoms with Gasteiger partial charge in [-0.2, -0.15) is 0 Å². The molecule has 2 aromatic carbocycles. The summed E-state index contributed by atoms with van der Waals surface area (Å²) in [6.45, 7) is 6.50. The summed E-state index contributed by atoms with van der Waals surface area (Å²) in [5.74, 6) is -0.649. The fourth-order valence-corrected chi connectivity index (χ4v) is 4.00. The minimum Gasteiger partial charge on any atom is -0.463 e. The van der Waals surface area contributed by atoms with Gasteiger partial charge in [-0.05, 0) is 75.0 Å². The van der Waals surface area contributed by atoms with Crippen molar-refractivity contribution >= 4 is 46.5 Å². The minimum absolute atomic E-state index is 0.254. The lowest BCUT2D eigenvalue weighted by Gasteiger charge is -2.37. The molecule has 0 radical (unpaired) electrons. The van der Waals surface area contributed by atoms with Crippen molar-refractivity contribution < 1.29 is 14.3 Å². The quantitative estimate of drug-likeness (QED) is 0.484. The molecule has 1 heterocycles. The number of thiocarbonyl (C=S) groups is 1. The lowest BCUT2D eigenvalue weighted by Crippen LogP contribution is -2.47. The number of ether oxygens (including phenoxy) is 1. The molecule has 8 heteroatoms. The Morgan fingerprint density at radius 3 is 2.55 bits per heavy atom. The van der Waals surface area contributed by atoms with Gasteiger partial charge in [-0.3, -0.25) is 4.79 Å². The van der Waals surface area contributed by atoms with Crippen molar-refractivity contribution in [3.8, 4) is 0 Å². The minimum atomic E-state index is -0.485. The highest BCUT2D eigenvalue weighted by atomic mass is 35.5. The Labute approximate surface area is 192 Å². The van der Waals surface area contributed by atoms with Crippen molar-refractivity contribution in [3.05, 3.63) is 76.0 Å². The van der Waals surface area contributed by atoms with Gasteiger partial charge < -0.3 is 20.3 Å². The van der Waals surface area contributed by atoms with Gasteiger partial charge in [-0.15, -0.1) is 0 Å². The Kier molecular flexibility index (Phi) is 7.30. The van der Waals surface area contributed by atoms with Crippen LogP contribution in [0.25, 0.3) is 0 Å². The van der Waals surface area contributed by atoms with E-state index in [0.29, 0.717) is 33.5 Å². The molecule has 3 rings (SSSR count). The summed E-state index contributed by atoms with van der Waals surface area (Å²) in [5.41, 5.74) is 3.13. The van der Waals surface area contributed by atoms with E-state index >= 15 is 0 Å². The Balaban J connectivity index is 1.93. The zero-order valence-corrected chi connectivity index (χ0v) is 19.1. The van der Waals surface area contributed by atoms with Crippen LogP contribution < -0.4 is 10.6 Å². The van der Waals surface area contributed by atoms with Gasteiger partial charge in [0.1, 0.15) is 0 Å². The van der Waals surface area contributed by atoms with Crippen LogP contribution >= 0.6 is 23.8 Å². The number of hydrogen-bond donors (Lipinski definition) is 2. The Morgan fingerprint density at radius 1 is 1.19 bits per heavy atom. The highest BCUT2D eigenvalue weighted by molar-refractivity contribution is 7.80. The number of hydrogen-bond acceptors (Lipinski definition) is 4. The smallest absolute Gasteiger partial charge is 0.338 e. The van der Waals surface area contributed by atoms with Crippen LogP contribution in [0.2, 0.25) is 5.02 Å². The van der Waals surface area contributed by atoms with Crippen LogP contribution in [-0.4, -0.2) is 35.0 Å². The first-order chi connectivity index (χ1) is 14.8. The van der Waals surface area contributed by atoms with Gasteiger partial charge >= 0.3 is 5.97 Å². The molecule has 0 aromatic heterocycles. The van der Waals surface area contributed by atoms with Crippen LogP contribution in [0.1, 0.15) is 42.7 Å². The lowest BCUT2D eigenvalue weighted by atomic mass is 9.94. The Hall–Kier alpha value is -2.90. The van der Waals surface area contributed by atoms with Crippen molar-refractivity contribution in [3.63, 3.8) is 0 Å². The SMILES string of the molecule is CCOC(=O)C1=C(C)N(CC)C(=S)NC1c1cccc(NC(=O)c2ccc(Cl)cc2)c1. The molecule has 0 aliphatic carbocycles. The van der Waals surface area contributed by atoms with E-state index in [-0.39, 0.29) is 12.5 Å². The average Bonchev–Trinajstić information content (AvgIpc) is 2.74. The summed E-state index contributed by atoms with van der Waals surface area (Å²) in [4.78, 5) is 27.2. The predicted molar refractivity (Wildman–Crippen MR) is 126 cm³/mol. The number of rotatable bonds is 6. The van der Waals surface area contributed by atoms with E-state index in [1.54, 1.807) is 37.3 Å². The highest BCUT2D eigenvalue weighted by Gasteiger charge is 2.34. The summed E-state index contributed by atoms with van der Waals surface area (Å²) in [7, 11) is 0.